The summed E-state index contributed by atoms with van der Waals surface area (Å²) in [5, 5.41) is 27.2. The highest BCUT2D eigenvalue weighted by atomic mass is 16.5. The zero-order valence-electron chi connectivity index (χ0n) is 21.6. The van der Waals surface area contributed by atoms with Gasteiger partial charge in [0, 0.05) is 34.3 Å². The molecule has 0 bridgehead atoms. The minimum Gasteiger partial charge on any atom is -0.386 e. The Morgan fingerprint density at radius 2 is 1.57 bits per heavy atom. The third-order valence-electron chi connectivity index (χ3n) is 6.47. The van der Waals surface area contributed by atoms with E-state index in [1.54, 1.807) is 36.4 Å². The summed E-state index contributed by atoms with van der Waals surface area (Å²) >= 11 is 0. The Hall–Kier alpha value is -4.75. The van der Waals surface area contributed by atoms with Gasteiger partial charge in [-0.15, -0.1) is 6.58 Å². The maximum absolute atomic E-state index is 12.5. The van der Waals surface area contributed by atoms with Gasteiger partial charge in [-0.25, -0.2) is 5.48 Å². The van der Waals surface area contributed by atoms with Gasteiger partial charge >= 0.3 is 0 Å². The molecular weight excluding hydrogens is 508 g/mol. The number of carbonyl (C=O) groups is 3. The third kappa shape index (κ3) is 7.65. The number of rotatable bonds is 10. The summed E-state index contributed by atoms with van der Waals surface area (Å²) in [4.78, 5) is 36.5. The second-order valence-corrected chi connectivity index (χ2v) is 9.35. The number of anilines is 1. The van der Waals surface area contributed by atoms with Gasteiger partial charge in [-0.3, -0.25) is 19.6 Å². The highest BCUT2D eigenvalue weighted by molar-refractivity contribution is 5.97. The van der Waals surface area contributed by atoms with E-state index in [-0.39, 0.29) is 18.0 Å². The van der Waals surface area contributed by atoms with Crippen molar-refractivity contribution in [1.29, 1.82) is 0 Å². The number of aliphatic hydroxyl groups is 1. The maximum Gasteiger partial charge on any atom is 0.268 e. The zero-order chi connectivity index (χ0) is 28.5. The van der Waals surface area contributed by atoms with E-state index in [4.69, 9.17) is 5.21 Å². The van der Waals surface area contributed by atoms with Crippen molar-refractivity contribution >= 4 is 23.4 Å². The largest absolute Gasteiger partial charge is 0.386 e. The summed E-state index contributed by atoms with van der Waals surface area (Å²) in [6.45, 7) is 3.62. The Morgan fingerprint density at radius 3 is 2.17 bits per heavy atom. The van der Waals surface area contributed by atoms with E-state index in [1.807, 2.05) is 18.2 Å². The van der Waals surface area contributed by atoms with Crippen molar-refractivity contribution in [2.75, 3.05) is 11.9 Å². The molecule has 4 rings (SSSR count). The van der Waals surface area contributed by atoms with Gasteiger partial charge in [0.1, 0.15) is 12.1 Å². The van der Waals surface area contributed by atoms with Gasteiger partial charge in [-0.05, 0) is 60.5 Å². The number of aliphatic hydroxyl groups excluding tert-OH is 1. The Labute approximate surface area is 232 Å². The van der Waals surface area contributed by atoms with Gasteiger partial charge in [-0.2, -0.15) is 0 Å². The number of hydroxylamine groups is 1. The highest BCUT2D eigenvalue weighted by Crippen LogP contribution is 2.40. The molecule has 9 heteroatoms. The van der Waals surface area contributed by atoms with Crippen molar-refractivity contribution in [1.82, 2.24) is 16.1 Å². The van der Waals surface area contributed by atoms with Gasteiger partial charge in [0.2, 0.25) is 5.91 Å². The van der Waals surface area contributed by atoms with Gasteiger partial charge in [0.15, 0.2) is 0 Å². The van der Waals surface area contributed by atoms with E-state index in [2.05, 4.69) is 46.5 Å². The molecule has 1 aliphatic rings. The Balaban J connectivity index is 1.25. The minimum absolute atomic E-state index is 0.107. The fourth-order valence-corrected chi connectivity index (χ4v) is 4.14. The van der Waals surface area contributed by atoms with Gasteiger partial charge in [-0.1, -0.05) is 48.2 Å². The molecule has 0 spiro atoms. The summed E-state index contributed by atoms with van der Waals surface area (Å²) in [6.07, 6.45) is 0.727. The average Bonchev–Trinajstić information content (AvgIpc) is 3.78. The van der Waals surface area contributed by atoms with E-state index in [0.29, 0.717) is 23.2 Å². The molecule has 4 atom stereocenters. The van der Waals surface area contributed by atoms with Crippen molar-refractivity contribution in [2.45, 2.75) is 30.5 Å². The third-order valence-corrected chi connectivity index (χ3v) is 6.47. The predicted molar refractivity (Wildman–Crippen MR) is 150 cm³/mol. The van der Waals surface area contributed by atoms with Crippen LogP contribution in [0.15, 0.2) is 91.5 Å². The van der Waals surface area contributed by atoms with Crippen LogP contribution in [0, 0.1) is 11.8 Å². The lowest BCUT2D eigenvalue weighted by Crippen LogP contribution is -2.52. The first-order chi connectivity index (χ1) is 19.4. The number of carbonyl (C=O) groups excluding carboxylic acids is 3. The normalized spacial score (nSPS) is 16.9. The Bertz CT molecular complexity index is 1410. The second-order valence-electron chi connectivity index (χ2n) is 9.35. The predicted octanol–water partition coefficient (Wildman–Crippen LogP) is 2.32. The standard InChI is InChI=1S/C31H30N4O5/c1-2-27(36)29(31(39)35-40)34-30(38)23-14-10-20(11-15-23)8-9-21-12-16-24(17-13-21)33-28(37)19-32-26-18-25(26)22-6-4-3-5-7-22/h2-7,10-17,25-27,29,32,36,40H,1,18-19H2,(H,33,37)(H,34,38)(H,35,39)/t25-,26+,27-,29+/m1/s1. The van der Waals surface area contributed by atoms with Crippen LogP contribution in [0.3, 0.4) is 0 Å². The first kappa shape index (κ1) is 28.3. The first-order valence-electron chi connectivity index (χ1n) is 12.7. The van der Waals surface area contributed by atoms with Gasteiger partial charge < -0.3 is 21.1 Å². The molecule has 0 aromatic heterocycles. The number of hydrogen-bond donors (Lipinski definition) is 6. The summed E-state index contributed by atoms with van der Waals surface area (Å²) in [5.41, 5.74) is 5.02. The summed E-state index contributed by atoms with van der Waals surface area (Å²) in [5.74, 6) is 4.81. The van der Waals surface area contributed by atoms with Crippen molar-refractivity contribution < 1.29 is 24.7 Å². The number of nitrogens with one attached hydrogen (secondary N) is 4. The highest BCUT2D eigenvalue weighted by Gasteiger charge is 2.37. The molecule has 1 saturated carbocycles. The maximum atomic E-state index is 12.5. The molecule has 3 amide bonds. The van der Waals surface area contributed by atoms with Gasteiger partial charge in [0.25, 0.3) is 11.8 Å². The van der Waals surface area contributed by atoms with E-state index in [1.165, 1.54) is 23.2 Å². The average molecular weight is 539 g/mol. The van der Waals surface area contributed by atoms with Crippen molar-refractivity contribution in [3.05, 3.63) is 114 Å². The molecule has 40 heavy (non-hydrogen) atoms. The van der Waals surface area contributed by atoms with E-state index in [9.17, 15) is 19.5 Å². The van der Waals surface area contributed by atoms with Crippen LogP contribution in [0.1, 0.15) is 39.4 Å². The van der Waals surface area contributed by atoms with E-state index < -0.39 is 24.0 Å². The lowest BCUT2D eigenvalue weighted by Gasteiger charge is -2.19. The molecule has 3 aromatic rings. The molecule has 6 N–H and O–H groups in total. The molecule has 9 nitrogen and oxygen atoms in total. The number of amides is 3. The molecule has 0 radical (unpaired) electrons. The van der Waals surface area contributed by atoms with Crippen molar-refractivity contribution in [3.63, 3.8) is 0 Å². The number of hydrogen-bond acceptors (Lipinski definition) is 6. The van der Waals surface area contributed by atoms with Crippen LogP contribution in [0.25, 0.3) is 0 Å². The van der Waals surface area contributed by atoms with Crippen molar-refractivity contribution in [3.8, 4) is 11.8 Å². The zero-order valence-corrected chi connectivity index (χ0v) is 21.6. The van der Waals surface area contributed by atoms with Crippen LogP contribution in [-0.2, 0) is 9.59 Å². The van der Waals surface area contributed by atoms with E-state index >= 15 is 0 Å². The van der Waals surface area contributed by atoms with Crippen molar-refractivity contribution in [2.24, 2.45) is 0 Å². The van der Waals surface area contributed by atoms with E-state index in [0.717, 1.165) is 18.1 Å². The minimum atomic E-state index is -1.40. The molecule has 1 fully saturated rings. The molecule has 0 saturated heterocycles. The summed E-state index contributed by atoms with van der Waals surface area (Å²) in [6, 6.07) is 22.8. The van der Waals surface area contributed by atoms with Crippen LogP contribution >= 0.6 is 0 Å². The topological polar surface area (TPSA) is 140 Å². The smallest absolute Gasteiger partial charge is 0.268 e. The van der Waals surface area contributed by atoms with Crippen LogP contribution in [-0.4, -0.2) is 52.8 Å². The first-order valence-corrected chi connectivity index (χ1v) is 12.7. The monoisotopic (exact) mass is 538 g/mol. The molecule has 0 heterocycles. The summed E-state index contributed by atoms with van der Waals surface area (Å²) < 4.78 is 0. The molecule has 3 aromatic carbocycles. The fourth-order valence-electron chi connectivity index (χ4n) is 4.14. The van der Waals surface area contributed by atoms with Crippen LogP contribution in [0.2, 0.25) is 0 Å². The molecule has 0 unspecified atom stereocenters. The lowest BCUT2D eigenvalue weighted by molar-refractivity contribution is -0.133. The Kier molecular flexibility index (Phi) is 9.44. The molecular formula is C31H30N4O5. The fraction of sp³-hybridized carbons (Fsp3) is 0.194. The molecule has 204 valence electrons. The second kappa shape index (κ2) is 13.4. The van der Waals surface area contributed by atoms with Crippen LogP contribution < -0.4 is 21.4 Å². The van der Waals surface area contributed by atoms with Crippen LogP contribution in [0.4, 0.5) is 5.69 Å². The van der Waals surface area contributed by atoms with Crippen LogP contribution in [0.5, 0.6) is 0 Å². The number of benzene rings is 3. The molecule has 0 aliphatic heterocycles. The molecule has 1 aliphatic carbocycles. The summed E-state index contributed by atoms with van der Waals surface area (Å²) in [7, 11) is 0. The quantitative estimate of drug-likeness (QED) is 0.101. The lowest BCUT2D eigenvalue weighted by atomic mass is 10.1. The Morgan fingerprint density at radius 1 is 0.950 bits per heavy atom. The van der Waals surface area contributed by atoms with Gasteiger partial charge in [0.05, 0.1) is 6.54 Å². The SMILES string of the molecule is C=C[C@@H](O)[C@H](NC(=O)c1ccc(C#Cc2ccc(NC(=O)CN[C@H]3C[C@@H]3c3ccccc3)cc2)cc1)C(=O)NO.